The van der Waals surface area contributed by atoms with E-state index in [-0.39, 0.29) is 5.82 Å². The summed E-state index contributed by atoms with van der Waals surface area (Å²) in [6.07, 6.45) is -3.02. The van der Waals surface area contributed by atoms with E-state index in [1.165, 1.54) is 18.0 Å². The van der Waals surface area contributed by atoms with Gasteiger partial charge in [-0.25, -0.2) is 9.67 Å². The molecule has 0 atom stereocenters. The number of halogens is 3. The van der Waals surface area contributed by atoms with Crippen LogP contribution in [0.2, 0.25) is 0 Å². The maximum absolute atomic E-state index is 12.9. The standard InChI is InChI=1S/C14H16F3N3O/c1-13(2,3)11-8-10(14(15,16)17)19-20(11)12-9(21-4)6-5-7-18-12/h5-8H,1-4H3. The monoisotopic (exact) mass is 299 g/mol. The van der Waals surface area contributed by atoms with Crippen LogP contribution in [0.15, 0.2) is 24.4 Å². The fourth-order valence-electron chi connectivity index (χ4n) is 1.92. The Balaban J connectivity index is 2.70. The third kappa shape index (κ3) is 3.01. The van der Waals surface area contributed by atoms with Crippen molar-refractivity contribution < 1.29 is 17.9 Å². The molecule has 0 radical (unpaired) electrons. The van der Waals surface area contributed by atoms with E-state index in [2.05, 4.69) is 10.1 Å². The van der Waals surface area contributed by atoms with Gasteiger partial charge in [0.25, 0.3) is 0 Å². The second-order valence-electron chi connectivity index (χ2n) is 5.60. The van der Waals surface area contributed by atoms with Crippen LogP contribution in [-0.4, -0.2) is 21.9 Å². The van der Waals surface area contributed by atoms with Crippen LogP contribution in [0.3, 0.4) is 0 Å². The van der Waals surface area contributed by atoms with Crippen molar-refractivity contribution in [2.75, 3.05) is 7.11 Å². The van der Waals surface area contributed by atoms with Gasteiger partial charge in [-0.05, 0) is 18.2 Å². The average Bonchev–Trinajstić information content (AvgIpc) is 2.83. The van der Waals surface area contributed by atoms with Crippen LogP contribution in [-0.2, 0) is 11.6 Å². The molecule has 0 N–H and O–H groups in total. The highest BCUT2D eigenvalue weighted by Gasteiger charge is 2.37. The molecule has 2 rings (SSSR count). The lowest BCUT2D eigenvalue weighted by Gasteiger charge is -2.20. The number of aromatic nitrogens is 3. The number of nitrogens with zero attached hydrogens (tertiary/aromatic N) is 3. The summed E-state index contributed by atoms with van der Waals surface area (Å²) in [5.74, 6) is 0.597. The van der Waals surface area contributed by atoms with Gasteiger partial charge in [0.2, 0.25) is 0 Å². The molecule has 4 nitrogen and oxygen atoms in total. The Morgan fingerprint density at radius 1 is 1.19 bits per heavy atom. The van der Waals surface area contributed by atoms with Crippen LogP contribution in [0.4, 0.5) is 13.2 Å². The molecule has 0 aromatic carbocycles. The first-order valence-electron chi connectivity index (χ1n) is 6.31. The van der Waals surface area contributed by atoms with Gasteiger partial charge in [0, 0.05) is 11.6 Å². The summed E-state index contributed by atoms with van der Waals surface area (Å²) in [6.45, 7) is 5.45. The van der Waals surface area contributed by atoms with E-state index in [4.69, 9.17) is 4.74 Å². The molecule has 0 aliphatic rings. The zero-order valence-electron chi connectivity index (χ0n) is 12.2. The van der Waals surface area contributed by atoms with E-state index >= 15 is 0 Å². The highest BCUT2D eigenvalue weighted by Crippen LogP contribution is 2.34. The number of rotatable bonds is 2. The van der Waals surface area contributed by atoms with Gasteiger partial charge in [0.15, 0.2) is 17.3 Å². The molecule has 0 saturated carbocycles. The predicted octanol–water partition coefficient (Wildman–Crippen LogP) is 3.59. The molecule has 0 aliphatic carbocycles. The van der Waals surface area contributed by atoms with Crippen LogP contribution in [0, 0.1) is 0 Å². The molecule has 0 bridgehead atoms. The summed E-state index contributed by atoms with van der Waals surface area (Å²) < 4.78 is 45.2. The van der Waals surface area contributed by atoms with Crippen molar-refractivity contribution in [3.05, 3.63) is 35.8 Å². The van der Waals surface area contributed by atoms with Crippen LogP contribution in [0.1, 0.15) is 32.2 Å². The molecule has 2 aromatic rings. The lowest BCUT2D eigenvalue weighted by Crippen LogP contribution is -2.18. The second-order valence-corrected chi connectivity index (χ2v) is 5.60. The summed E-state index contributed by atoms with van der Waals surface area (Å²) in [4.78, 5) is 4.10. The highest BCUT2D eigenvalue weighted by molar-refractivity contribution is 5.42. The molecule has 0 saturated heterocycles. The molecule has 21 heavy (non-hydrogen) atoms. The van der Waals surface area contributed by atoms with E-state index in [0.29, 0.717) is 11.4 Å². The van der Waals surface area contributed by atoms with Gasteiger partial charge < -0.3 is 4.74 Å². The third-order valence-electron chi connectivity index (χ3n) is 2.94. The first-order chi connectivity index (χ1) is 9.64. The predicted molar refractivity (Wildman–Crippen MR) is 71.6 cm³/mol. The van der Waals surface area contributed by atoms with Crippen molar-refractivity contribution in [3.8, 4) is 11.6 Å². The summed E-state index contributed by atoms with van der Waals surface area (Å²) in [5.41, 5.74) is -1.06. The topological polar surface area (TPSA) is 39.9 Å². The molecule has 0 amide bonds. The first-order valence-corrected chi connectivity index (χ1v) is 6.31. The number of hydrogen-bond acceptors (Lipinski definition) is 3. The van der Waals surface area contributed by atoms with E-state index in [1.54, 1.807) is 12.1 Å². The average molecular weight is 299 g/mol. The van der Waals surface area contributed by atoms with Crippen LogP contribution in [0.25, 0.3) is 5.82 Å². The van der Waals surface area contributed by atoms with E-state index in [9.17, 15) is 13.2 Å². The van der Waals surface area contributed by atoms with Gasteiger partial charge >= 0.3 is 6.18 Å². The SMILES string of the molecule is COc1cccnc1-n1nc(C(F)(F)F)cc1C(C)(C)C. The lowest BCUT2D eigenvalue weighted by atomic mass is 9.92. The molecular weight excluding hydrogens is 283 g/mol. The molecule has 2 aromatic heterocycles. The van der Waals surface area contributed by atoms with Crippen LogP contribution < -0.4 is 4.74 Å². The Morgan fingerprint density at radius 2 is 1.86 bits per heavy atom. The molecular formula is C14H16F3N3O. The summed E-state index contributed by atoms with van der Waals surface area (Å²) >= 11 is 0. The number of ether oxygens (including phenoxy) is 1. The lowest BCUT2D eigenvalue weighted by molar-refractivity contribution is -0.141. The van der Waals surface area contributed by atoms with Crippen molar-refractivity contribution in [1.82, 2.24) is 14.8 Å². The summed E-state index contributed by atoms with van der Waals surface area (Å²) in [5, 5.41) is 3.68. The largest absolute Gasteiger partial charge is 0.493 e. The Kier molecular flexibility index (Phi) is 3.69. The van der Waals surface area contributed by atoms with Gasteiger partial charge in [-0.3, -0.25) is 0 Å². The van der Waals surface area contributed by atoms with Gasteiger partial charge in [-0.1, -0.05) is 20.8 Å². The minimum absolute atomic E-state index is 0.237. The Hall–Kier alpha value is -2.05. The molecule has 0 aliphatic heterocycles. The molecule has 2 heterocycles. The minimum Gasteiger partial charge on any atom is -0.493 e. The van der Waals surface area contributed by atoms with Crippen molar-refractivity contribution in [1.29, 1.82) is 0 Å². The maximum Gasteiger partial charge on any atom is 0.435 e. The molecule has 114 valence electrons. The molecule has 7 heteroatoms. The number of hydrogen-bond donors (Lipinski definition) is 0. The Bertz CT molecular complexity index is 642. The van der Waals surface area contributed by atoms with Crippen molar-refractivity contribution in [2.45, 2.75) is 32.4 Å². The van der Waals surface area contributed by atoms with E-state index in [0.717, 1.165) is 6.07 Å². The number of pyridine rings is 1. The first kappa shape index (κ1) is 15.3. The van der Waals surface area contributed by atoms with Gasteiger partial charge in [0.1, 0.15) is 0 Å². The number of methoxy groups -OCH3 is 1. The van der Waals surface area contributed by atoms with Crippen molar-refractivity contribution in [2.24, 2.45) is 0 Å². The molecule has 0 unspecified atom stereocenters. The quantitative estimate of drug-likeness (QED) is 0.850. The molecule has 0 spiro atoms. The van der Waals surface area contributed by atoms with Gasteiger partial charge in [0.05, 0.1) is 12.8 Å². The van der Waals surface area contributed by atoms with Gasteiger partial charge in [-0.2, -0.15) is 18.3 Å². The second kappa shape index (κ2) is 5.05. The third-order valence-corrected chi connectivity index (χ3v) is 2.94. The fraction of sp³-hybridized carbons (Fsp3) is 0.429. The summed E-state index contributed by atoms with van der Waals surface area (Å²) in [7, 11) is 1.44. The van der Waals surface area contributed by atoms with Crippen molar-refractivity contribution in [3.63, 3.8) is 0 Å². The van der Waals surface area contributed by atoms with Crippen LogP contribution >= 0.6 is 0 Å². The van der Waals surface area contributed by atoms with Gasteiger partial charge in [-0.15, -0.1) is 0 Å². The number of alkyl halides is 3. The Morgan fingerprint density at radius 3 is 2.38 bits per heavy atom. The zero-order valence-corrected chi connectivity index (χ0v) is 12.2. The Labute approximate surface area is 120 Å². The molecule has 0 fully saturated rings. The minimum atomic E-state index is -4.51. The smallest absolute Gasteiger partial charge is 0.435 e. The summed E-state index contributed by atoms with van der Waals surface area (Å²) in [6, 6.07) is 4.32. The van der Waals surface area contributed by atoms with E-state index < -0.39 is 17.3 Å². The maximum atomic E-state index is 12.9. The van der Waals surface area contributed by atoms with E-state index in [1.807, 2.05) is 20.8 Å². The normalized spacial score (nSPS) is 12.5. The highest BCUT2D eigenvalue weighted by atomic mass is 19.4. The zero-order chi connectivity index (χ0) is 15.8. The van der Waals surface area contributed by atoms with Crippen molar-refractivity contribution >= 4 is 0 Å². The fourth-order valence-corrected chi connectivity index (χ4v) is 1.92. The van der Waals surface area contributed by atoms with Crippen LogP contribution in [0.5, 0.6) is 5.75 Å².